The number of amides is 1. The van der Waals surface area contributed by atoms with Crippen LogP contribution in [0.4, 0.5) is 0 Å². The topological polar surface area (TPSA) is 72.5 Å². The van der Waals surface area contributed by atoms with E-state index in [0.717, 1.165) is 6.42 Å². The highest BCUT2D eigenvalue weighted by atomic mass is 35.5. The molecule has 4 atom stereocenters. The monoisotopic (exact) mass is 275 g/mol. The summed E-state index contributed by atoms with van der Waals surface area (Å²) >= 11 is 6.07. The molecule has 0 aliphatic carbocycles. The molecule has 0 aromatic rings. The fourth-order valence-electron chi connectivity index (χ4n) is 1.97. The van der Waals surface area contributed by atoms with E-state index in [0.29, 0.717) is 12.8 Å². The molecule has 1 N–H and O–H groups in total. The Morgan fingerprint density at radius 3 is 2.78 bits per heavy atom. The number of esters is 1. The van der Waals surface area contributed by atoms with E-state index in [1.54, 1.807) is 6.92 Å². The normalized spacial score (nSPS) is 25.6. The van der Waals surface area contributed by atoms with Crippen molar-refractivity contribution in [3.63, 3.8) is 0 Å². The van der Waals surface area contributed by atoms with Gasteiger partial charge in [-0.1, -0.05) is 6.92 Å². The van der Waals surface area contributed by atoms with Crippen molar-refractivity contribution < 1.29 is 19.1 Å². The number of carbonyl (C=O) groups excluding carboxylic acids is 3. The van der Waals surface area contributed by atoms with Gasteiger partial charge in [0.15, 0.2) is 5.78 Å². The Hall–Kier alpha value is -1.10. The van der Waals surface area contributed by atoms with Gasteiger partial charge in [-0.25, -0.2) is 0 Å². The number of carbonyl (C=O) groups is 3. The van der Waals surface area contributed by atoms with Gasteiger partial charge in [-0.3, -0.25) is 14.4 Å². The summed E-state index contributed by atoms with van der Waals surface area (Å²) in [6, 6.07) is -0.533. The second-order valence-electron chi connectivity index (χ2n) is 4.50. The number of ether oxygens (including phenoxy) is 1. The van der Waals surface area contributed by atoms with Crippen molar-refractivity contribution in [2.75, 3.05) is 0 Å². The first kappa shape index (κ1) is 15.0. The van der Waals surface area contributed by atoms with Gasteiger partial charge in [-0.15, -0.1) is 11.6 Å². The Balaban J connectivity index is 2.33. The minimum Gasteiger partial charge on any atom is -0.461 e. The first-order chi connectivity index (χ1) is 8.49. The van der Waals surface area contributed by atoms with Crippen molar-refractivity contribution in [3.05, 3.63) is 0 Å². The second-order valence-corrected chi connectivity index (χ2v) is 5.12. The van der Waals surface area contributed by atoms with E-state index in [-0.39, 0.29) is 35.6 Å². The molecule has 18 heavy (non-hydrogen) atoms. The third-order valence-corrected chi connectivity index (χ3v) is 3.50. The maximum Gasteiger partial charge on any atom is 0.312 e. The average Bonchev–Trinajstić information content (AvgIpc) is 2.28. The van der Waals surface area contributed by atoms with Crippen LogP contribution >= 0.6 is 11.6 Å². The van der Waals surface area contributed by atoms with E-state index in [1.807, 2.05) is 6.92 Å². The summed E-state index contributed by atoms with van der Waals surface area (Å²) in [5.41, 5.74) is 0. The summed E-state index contributed by atoms with van der Waals surface area (Å²) in [5, 5.41) is 2.01. The highest BCUT2D eigenvalue weighted by Gasteiger charge is 2.41. The fraction of sp³-hybridized carbons (Fsp3) is 0.750. The van der Waals surface area contributed by atoms with Gasteiger partial charge in [0.25, 0.3) is 0 Å². The Bertz CT molecular complexity index is 334. The Morgan fingerprint density at radius 1 is 1.61 bits per heavy atom. The summed E-state index contributed by atoms with van der Waals surface area (Å²) in [4.78, 5) is 32.9. The molecule has 0 bridgehead atoms. The number of hydrogen-bond acceptors (Lipinski definition) is 4. The highest BCUT2D eigenvalue weighted by Crippen LogP contribution is 2.30. The standard InChI is InChI=1S/C12H18ClNO4/c1-3-9-11(18-12(9)17)5-8(13)4-10(16)7(2)14-6-15/h6-9,11H,3-5H2,1-2H3,(H,14,15)/t7-,8+,9-,11-/m0/s1. The van der Waals surface area contributed by atoms with Crippen molar-refractivity contribution in [3.8, 4) is 0 Å². The SMILES string of the molecule is CC[C@@H]1C(=O)O[C@H]1C[C@H](Cl)CC(=O)[C@H](C)NC=O. The van der Waals surface area contributed by atoms with Gasteiger partial charge < -0.3 is 10.1 Å². The Labute approximate surface area is 111 Å². The van der Waals surface area contributed by atoms with Gasteiger partial charge in [-0.2, -0.15) is 0 Å². The summed E-state index contributed by atoms with van der Waals surface area (Å²) < 4.78 is 5.00. The molecular formula is C12H18ClNO4. The van der Waals surface area contributed by atoms with Gasteiger partial charge in [0.1, 0.15) is 6.10 Å². The minimum absolute atomic E-state index is 0.0909. The molecule has 102 valence electrons. The van der Waals surface area contributed by atoms with Crippen LogP contribution < -0.4 is 5.32 Å². The smallest absolute Gasteiger partial charge is 0.312 e. The largest absolute Gasteiger partial charge is 0.461 e. The molecule has 0 aromatic carbocycles. The number of Topliss-reactive ketones (excluding diaryl/α,β-unsaturated/α-hetero) is 1. The van der Waals surface area contributed by atoms with Crippen LogP contribution in [-0.4, -0.2) is 35.7 Å². The molecule has 1 aliphatic heterocycles. The lowest BCUT2D eigenvalue weighted by Gasteiger charge is -2.35. The molecule has 1 saturated heterocycles. The minimum atomic E-state index is -0.533. The average molecular weight is 276 g/mol. The predicted octanol–water partition coefficient (Wildman–Crippen LogP) is 1.03. The van der Waals surface area contributed by atoms with Crippen LogP contribution in [0.15, 0.2) is 0 Å². The van der Waals surface area contributed by atoms with E-state index >= 15 is 0 Å². The van der Waals surface area contributed by atoms with Crippen LogP contribution in [0.2, 0.25) is 0 Å². The molecule has 1 rings (SSSR count). The molecule has 0 spiro atoms. The molecule has 0 unspecified atom stereocenters. The molecule has 1 amide bonds. The number of cyclic esters (lactones) is 1. The van der Waals surface area contributed by atoms with E-state index in [2.05, 4.69) is 5.32 Å². The summed E-state index contributed by atoms with van der Waals surface area (Å²) in [6.07, 6.45) is 1.68. The number of halogens is 1. The maximum atomic E-state index is 11.6. The van der Waals surface area contributed by atoms with Gasteiger partial charge in [0, 0.05) is 18.2 Å². The van der Waals surface area contributed by atoms with Crippen LogP contribution in [0, 0.1) is 5.92 Å². The summed E-state index contributed by atoms with van der Waals surface area (Å²) in [5.74, 6) is -0.402. The van der Waals surface area contributed by atoms with E-state index < -0.39 is 6.04 Å². The van der Waals surface area contributed by atoms with Crippen LogP contribution in [0.25, 0.3) is 0 Å². The lowest BCUT2D eigenvalue weighted by atomic mass is 9.89. The van der Waals surface area contributed by atoms with Gasteiger partial charge in [-0.05, 0) is 13.3 Å². The molecule has 6 heteroatoms. The van der Waals surface area contributed by atoms with Crippen molar-refractivity contribution >= 4 is 29.8 Å². The van der Waals surface area contributed by atoms with Crippen molar-refractivity contribution in [2.24, 2.45) is 5.92 Å². The Morgan fingerprint density at radius 2 is 2.28 bits per heavy atom. The molecule has 1 fully saturated rings. The fourth-order valence-corrected chi connectivity index (χ4v) is 2.29. The van der Waals surface area contributed by atoms with Crippen LogP contribution in [0.1, 0.15) is 33.1 Å². The highest BCUT2D eigenvalue weighted by molar-refractivity contribution is 6.22. The molecule has 0 radical (unpaired) electrons. The Kier molecular flexibility index (Phi) is 5.59. The number of nitrogens with one attached hydrogen (secondary N) is 1. The number of alkyl halides is 1. The predicted molar refractivity (Wildman–Crippen MR) is 66.2 cm³/mol. The molecule has 0 saturated carbocycles. The van der Waals surface area contributed by atoms with Crippen LogP contribution in [0.5, 0.6) is 0 Å². The van der Waals surface area contributed by atoms with Crippen LogP contribution in [-0.2, 0) is 19.1 Å². The lowest BCUT2D eigenvalue weighted by Crippen LogP contribution is -2.46. The number of hydrogen-bond donors (Lipinski definition) is 1. The first-order valence-electron chi connectivity index (χ1n) is 6.06. The summed E-state index contributed by atoms with van der Waals surface area (Å²) in [7, 11) is 0. The van der Waals surface area contributed by atoms with E-state index in [4.69, 9.17) is 16.3 Å². The van der Waals surface area contributed by atoms with Gasteiger partial charge in [0.2, 0.25) is 6.41 Å². The zero-order chi connectivity index (χ0) is 13.7. The van der Waals surface area contributed by atoms with E-state index in [9.17, 15) is 14.4 Å². The molecule has 5 nitrogen and oxygen atoms in total. The van der Waals surface area contributed by atoms with E-state index in [1.165, 1.54) is 0 Å². The third kappa shape index (κ3) is 3.70. The number of rotatable bonds is 8. The third-order valence-electron chi connectivity index (χ3n) is 3.17. The van der Waals surface area contributed by atoms with Crippen molar-refractivity contribution in [1.29, 1.82) is 0 Å². The maximum absolute atomic E-state index is 11.6. The summed E-state index contributed by atoms with van der Waals surface area (Å²) in [6.45, 7) is 3.53. The zero-order valence-electron chi connectivity index (χ0n) is 10.5. The van der Waals surface area contributed by atoms with Crippen molar-refractivity contribution in [2.45, 2.75) is 50.6 Å². The van der Waals surface area contributed by atoms with Gasteiger partial charge >= 0.3 is 5.97 Å². The first-order valence-corrected chi connectivity index (χ1v) is 6.50. The molecule has 0 aromatic heterocycles. The zero-order valence-corrected chi connectivity index (χ0v) is 11.3. The van der Waals surface area contributed by atoms with Gasteiger partial charge in [0.05, 0.1) is 12.0 Å². The molecule has 1 aliphatic rings. The van der Waals surface area contributed by atoms with Crippen molar-refractivity contribution in [1.82, 2.24) is 5.32 Å². The molecule has 1 heterocycles. The van der Waals surface area contributed by atoms with Crippen LogP contribution in [0.3, 0.4) is 0 Å². The lowest BCUT2D eigenvalue weighted by molar-refractivity contribution is -0.185. The quantitative estimate of drug-likeness (QED) is 0.408. The number of ketones is 1. The molecular weight excluding hydrogens is 258 g/mol. The second kappa shape index (κ2) is 6.73.